The van der Waals surface area contributed by atoms with Gasteiger partial charge in [0.15, 0.2) is 11.5 Å². The van der Waals surface area contributed by atoms with Gasteiger partial charge < -0.3 is 18.7 Å². The molecule has 0 bridgehead atoms. The molecule has 1 amide bonds. The van der Waals surface area contributed by atoms with Gasteiger partial charge in [-0.3, -0.25) is 10.1 Å². The lowest BCUT2D eigenvalue weighted by atomic mass is 10.1. The van der Waals surface area contributed by atoms with Crippen LogP contribution >= 0.6 is 0 Å². The summed E-state index contributed by atoms with van der Waals surface area (Å²) in [5.74, 6) is 1.15. The van der Waals surface area contributed by atoms with Crippen molar-refractivity contribution in [3.63, 3.8) is 0 Å². The van der Waals surface area contributed by atoms with Crippen LogP contribution in [0.2, 0.25) is 0 Å². The second kappa shape index (κ2) is 8.52. The van der Waals surface area contributed by atoms with Gasteiger partial charge in [0.2, 0.25) is 28.6 Å². The van der Waals surface area contributed by atoms with E-state index in [9.17, 15) is 13.2 Å². The number of aryl methyl sites for hydroxylation is 1. The monoisotopic (exact) mass is 459 g/mol. The molecule has 2 N–H and O–H groups in total. The zero-order chi connectivity index (χ0) is 22.9. The van der Waals surface area contributed by atoms with Gasteiger partial charge in [-0.15, -0.1) is 0 Å². The number of aromatic nitrogens is 1. The Morgan fingerprint density at radius 1 is 1.16 bits per heavy atom. The van der Waals surface area contributed by atoms with E-state index in [-0.39, 0.29) is 35.8 Å². The lowest BCUT2D eigenvalue weighted by Gasteiger charge is -2.13. The predicted octanol–water partition coefficient (Wildman–Crippen LogP) is 2.82. The zero-order valence-electron chi connectivity index (χ0n) is 17.6. The number of nitrogens with one attached hydrogen (secondary N) is 2. The minimum Gasteiger partial charge on any atom is -0.495 e. The normalized spacial score (nSPS) is 12.6. The first-order chi connectivity index (χ1) is 15.3. The highest BCUT2D eigenvalue weighted by atomic mass is 32.2. The zero-order valence-corrected chi connectivity index (χ0v) is 18.4. The van der Waals surface area contributed by atoms with Crippen molar-refractivity contribution in [1.29, 1.82) is 0 Å². The van der Waals surface area contributed by atoms with Crippen LogP contribution in [-0.2, 0) is 21.4 Å². The standard InChI is InChI=1S/C21H21N3O7S/c1-12-20(21(31-24-12)23-13(2)25)15-5-7-17(28-3)19(9-15)32(26,27)22-10-14-4-6-16-18(8-14)30-11-29-16/h4-9,22H,10-11H2,1-3H3,(H,23,25). The molecule has 4 rings (SSSR count). The van der Waals surface area contributed by atoms with Crippen molar-refractivity contribution < 1.29 is 31.9 Å². The molecule has 3 aromatic rings. The Morgan fingerprint density at radius 2 is 1.94 bits per heavy atom. The summed E-state index contributed by atoms with van der Waals surface area (Å²) >= 11 is 0. The van der Waals surface area contributed by atoms with Crippen LogP contribution in [0.4, 0.5) is 5.88 Å². The summed E-state index contributed by atoms with van der Waals surface area (Å²) in [6, 6.07) is 9.86. The van der Waals surface area contributed by atoms with Crippen molar-refractivity contribution >= 4 is 21.8 Å². The number of amides is 1. The molecule has 168 valence electrons. The molecule has 0 spiro atoms. The number of benzene rings is 2. The molecular formula is C21H21N3O7S. The van der Waals surface area contributed by atoms with Crippen molar-refractivity contribution in [2.24, 2.45) is 0 Å². The van der Waals surface area contributed by atoms with E-state index in [1.54, 1.807) is 31.2 Å². The first kappa shape index (κ1) is 21.7. The maximum Gasteiger partial charge on any atom is 0.244 e. The molecule has 2 aromatic carbocycles. The van der Waals surface area contributed by atoms with E-state index in [1.165, 1.54) is 26.2 Å². The Hall–Kier alpha value is -3.57. The van der Waals surface area contributed by atoms with Crippen LogP contribution in [0.1, 0.15) is 18.2 Å². The van der Waals surface area contributed by atoms with Crippen LogP contribution < -0.4 is 24.2 Å². The molecule has 0 radical (unpaired) electrons. The molecule has 10 nitrogen and oxygen atoms in total. The highest BCUT2D eigenvalue weighted by molar-refractivity contribution is 7.89. The van der Waals surface area contributed by atoms with Crippen molar-refractivity contribution in [3.8, 4) is 28.4 Å². The molecule has 0 unspecified atom stereocenters. The van der Waals surface area contributed by atoms with Crippen LogP contribution in [0.3, 0.4) is 0 Å². The second-order valence-electron chi connectivity index (χ2n) is 7.03. The first-order valence-corrected chi connectivity index (χ1v) is 11.1. The fraction of sp³-hybridized carbons (Fsp3) is 0.238. The molecular weight excluding hydrogens is 438 g/mol. The minimum absolute atomic E-state index is 0.0375. The summed E-state index contributed by atoms with van der Waals surface area (Å²) in [4.78, 5) is 11.4. The van der Waals surface area contributed by atoms with Gasteiger partial charge in [0.25, 0.3) is 0 Å². The third-order valence-electron chi connectivity index (χ3n) is 4.80. The number of ether oxygens (including phenoxy) is 3. The van der Waals surface area contributed by atoms with E-state index >= 15 is 0 Å². The Balaban J connectivity index is 1.65. The minimum atomic E-state index is -3.96. The third-order valence-corrected chi connectivity index (χ3v) is 6.22. The van der Waals surface area contributed by atoms with Gasteiger partial charge in [-0.1, -0.05) is 17.3 Å². The van der Waals surface area contributed by atoms with Crippen LogP contribution in [0.15, 0.2) is 45.8 Å². The van der Waals surface area contributed by atoms with Crippen molar-refractivity contribution in [3.05, 3.63) is 47.7 Å². The summed E-state index contributed by atoms with van der Waals surface area (Å²) in [7, 11) is -2.57. The third kappa shape index (κ3) is 4.25. The fourth-order valence-corrected chi connectivity index (χ4v) is 4.51. The van der Waals surface area contributed by atoms with Gasteiger partial charge in [-0.2, -0.15) is 0 Å². The number of sulfonamides is 1. The number of anilines is 1. The van der Waals surface area contributed by atoms with E-state index in [0.29, 0.717) is 33.9 Å². The van der Waals surface area contributed by atoms with E-state index < -0.39 is 10.0 Å². The molecule has 0 saturated carbocycles. The maximum atomic E-state index is 13.1. The number of hydrogen-bond donors (Lipinski definition) is 2. The Bertz CT molecular complexity index is 1280. The average molecular weight is 459 g/mol. The lowest BCUT2D eigenvalue weighted by molar-refractivity contribution is -0.114. The molecule has 11 heteroatoms. The quantitative estimate of drug-likeness (QED) is 0.552. The number of carbonyl (C=O) groups is 1. The largest absolute Gasteiger partial charge is 0.495 e. The highest BCUT2D eigenvalue weighted by Crippen LogP contribution is 2.36. The Kier molecular flexibility index (Phi) is 5.76. The SMILES string of the molecule is COc1ccc(-c2c(C)noc2NC(C)=O)cc1S(=O)(=O)NCc1ccc2c(c1)OCO2. The molecule has 2 heterocycles. The van der Waals surface area contributed by atoms with E-state index in [4.69, 9.17) is 18.7 Å². The van der Waals surface area contributed by atoms with Gasteiger partial charge in [-0.05, 0) is 42.3 Å². The number of rotatable bonds is 7. The summed E-state index contributed by atoms with van der Waals surface area (Å²) in [5, 5.41) is 6.44. The number of fused-ring (bicyclic) bond motifs is 1. The average Bonchev–Trinajstić information content (AvgIpc) is 3.37. The van der Waals surface area contributed by atoms with Crippen molar-refractivity contribution in [2.45, 2.75) is 25.3 Å². The summed E-state index contributed by atoms with van der Waals surface area (Å²) in [6.07, 6.45) is 0. The number of hydrogen-bond acceptors (Lipinski definition) is 8. The van der Waals surface area contributed by atoms with Gasteiger partial charge in [0.05, 0.1) is 18.4 Å². The highest BCUT2D eigenvalue weighted by Gasteiger charge is 2.24. The summed E-state index contributed by atoms with van der Waals surface area (Å²) in [6.45, 7) is 3.21. The number of carbonyl (C=O) groups excluding carboxylic acids is 1. The van der Waals surface area contributed by atoms with Crippen LogP contribution in [0, 0.1) is 6.92 Å². The summed E-state index contributed by atoms with van der Waals surface area (Å²) in [5.41, 5.74) is 2.18. The van der Waals surface area contributed by atoms with Gasteiger partial charge >= 0.3 is 0 Å². The molecule has 0 saturated heterocycles. The fourth-order valence-electron chi connectivity index (χ4n) is 3.30. The van der Waals surface area contributed by atoms with Gasteiger partial charge in [-0.25, -0.2) is 13.1 Å². The Labute approximate surface area is 184 Å². The van der Waals surface area contributed by atoms with Gasteiger partial charge in [0.1, 0.15) is 10.6 Å². The molecule has 32 heavy (non-hydrogen) atoms. The van der Waals surface area contributed by atoms with Crippen molar-refractivity contribution in [2.75, 3.05) is 19.2 Å². The number of methoxy groups -OCH3 is 1. The second-order valence-corrected chi connectivity index (χ2v) is 8.77. The Morgan fingerprint density at radius 3 is 2.69 bits per heavy atom. The molecule has 1 aliphatic rings. The molecule has 0 fully saturated rings. The predicted molar refractivity (Wildman–Crippen MR) is 114 cm³/mol. The molecule has 0 atom stereocenters. The number of nitrogens with zero attached hydrogens (tertiary/aromatic N) is 1. The van der Waals surface area contributed by atoms with Crippen LogP contribution in [0.5, 0.6) is 17.2 Å². The van der Waals surface area contributed by atoms with E-state index in [2.05, 4.69) is 15.2 Å². The van der Waals surface area contributed by atoms with E-state index in [1.807, 2.05) is 0 Å². The maximum absolute atomic E-state index is 13.1. The van der Waals surface area contributed by atoms with E-state index in [0.717, 1.165) is 0 Å². The molecule has 0 aliphatic carbocycles. The van der Waals surface area contributed by atoms with Crippen molar-refractivity contribution in [1.82, 2.24) is 9.88 Å². The van der Waals surface area contributed by atoms with Crippen LogP contribution in [-0.4, -0.2) is 33.4 Å². The first-order valence-electron chi connectivity index (χ1n) is 9.59. The summed E-state index contributed by atoms with van der Waals surface area (Å²) < 4.78 is 49.9. The van der Waals surface area contributed by atoms with Crippen LogP contribution in [0.25, 0.3) is 11.1 Å². The smallest absolute Gasteiger partial charge is 0.244 e. The molecule has 1 aliphatic heterocycles. The molecule has 1 aromatic heterocycles. The topological polar surface area (TPSA) is 129 Å². The van der Waals surface area contributed by atoms with Gasteiger partial charge in [0, 0.05) is 13.5 Å². The lowest BCUT2D eigenvalue weighted by Crippen LogP contribution is -2.23.